The summed E-state index contributed by atoms with van der Waals surface area (Å²) in [6.45, 7) is 32.2. The lowest BCUT2D eigenvalue weighted by atomic mass is 9.69. The van der Waals surface area contributed by atoms with Crippen molar-refractivity contribution in [2.75, 3.05) is 0 Å². The summed E-state index contributed by atoms with van der Waals surface area (Å²) in [4.78, 5) is 0. The standard InChI is InChI=1S/C58H66O/c1-13-22-37(4)46(14-2)50(15-3)57(9,10)52-36-48(41(8)40(7)42-29-31-45(32-30-42)56(44-25-21-26-44)43-23-17-16-18-24-43)49(33-39(52)6)47-35-53-55(34-38(47)5)59-54-28-20-19-27-51(54)58(53,11)12/h14-20,23-24,27-37,40-41H,2-3,13,21-22,25-26H2,1,4-12H3/b50-46-/t37?,40-,41?/m1/s1. The molecule has 1 fully saturated rings. The minimum Gasteiger partial charge on any atom is -0.457 e. The van der Waals surface area contributed by atoms with E-state index < -0.39 is 0 Å². The number of fused-ring (bicyclic) bond motifs is 2. The van der Waals surface area contributed by atoms with E-state index in [2.05, 4.69) is 198 Å². The Morgan fingerprint density at radius 2 is 1.39 bits per heavy atom. The normalized spacial score (nSPS) is 16.3. The van der Waals surface area contributed by atoms with Crippen LogP contribution in [0.15, 0.2) is 145 Å². The molecule has 5 aromatic rings. The Labute approximate surface area is 356 Å². The molecule has 1 saturated carbocycles. The van der Waals surface area contributed by atoms with Gasteiger partial charge in [-0.05, 0) is 142 Å². The van der Waals surface area contributed by atoms with Gasteiger partial charge in [0, 0.05) is 22.0 Å². The Bertz CT molecular complexity index is 2420. The molecule has 7 rings (SSSR count). The number of rotatable bonds is 13. The van der Waals surface area contributed by atoms with Crippen LogP contribution in [0.1, 0.15) is 149 Å². The summed E-state index contributed by atoms with van der Waals surface area (Å²) < 4.78 is 6.61. The van der Waals surface area contributed by atoms with Crippen molar-refractivity contribution in [2.24, 2.45) is 5.92 Å². The molecule has 0 aromatic heterocycles. The van der Waals surface area contributed by atoms with E-state index in [1.54, 1.807) is 5.57 Å². The van der Waals surface area contributed by atoms with E-state index in [-0.39, 0.29) is 22.7 Å². The SMILES string of the molecule is C=C/C(=C(\C=C)C(C)(C)c1cc(C(C)[C@@H](C)c2ccc(C(=C3CCC3)c3ccccc3)cc2)c(-c2cc3c(cc2C)Oc2ccccc2C3(C)C)cc1C)C(C)CCC. The van der Waals surface area contributed by atoms with E-state index in [0.29, 0.717) is 5.92 Å². The fourth-order valence-corrected chi connectivity index (χ4v) is 10.2. The molecule has 304 valence electrons. The molecule has 2 unspecified atom stereocenters. The minimum absolute atomic E-state index is 0.211. The van der Waals surface area contributed by atoms with Crippen molar-refractivity contribution in [1.29, 1.82) is 0 Å². The second-order valence-corrected chi connectivity index (χ2v) is 18.6. The van der Waals surface area contributed by atoms with Crippen molar-refractivity contribution in [1.82, 2.24) is 0 Å². The fourth-order valence-electron chi connectivity index (χ4n) is 10.2. The Kier molecular flexibility index (Phi) is 12.0. The van der Waals surface area contributed by atoms with Gasteiger partial charge in [-0.25, -0.2) is 0 Å². The molecule has 2 aliphatic rings. The van der Waals surface area contributed by atoms with Crippen LogP contribution in [-0.4, -0.2) is 0 Å². The lowest BCUT2D eigenvalue weighted by Crippen LogP contribution is -2.25. The van der Waals surface area contributed by atoms with Gasteiger partial charge in [0.1, 0.15) is 11.5 Å². The first-order chi connectivity index (χ1) is 28.2. The van der Waals surface area contributed by atoms with Crippen molar-refractivity contribution >= 4 is 5.57 Å². The highest BCUT2D eigenvalue weighted by Crippen LogP contribution is 2.51. The Balaban J connectivity index is 1.37. The van der Waals surface area contributed by atoms with Gasteiger partial charge in [-0.3, -0.25) is 0 Å². The third-order valence-corrected chi connectivity index (χ3v) is 14.1. The van der Waals surface area contributed by atoms with Crippen LogP contribution in [0.5, 0.6) is 11.5 Å². The number of allylic oxidation sites excluding steroid dienone is 5. The molecule has 5 aromatic carbocycles. The molecule has 1 heterocycles. The van der Waals surface area contributed by atoms with Crippen LogP contribution in [0.2, 0.25) is 0 Å². The Morgan fingerprint density at radius 1 is 0.729 bits per heavy atom. The van der Waals surface area contributed by atoms with Crippen LogP contribution in [-0.2, 0) is 10.8 Å². The molecule has 1 heteroatoms. The van der Waals surface area contributed by atoms with Crippen LogP contribution in [0.25, 0.3) is 16.7 Å². The molecule has 0 N–H and O–H groups in total. The van der Waals surface area contributed by atoms with Gasteiger partial charge in [0.05, 0.1) is 0 Å². The first-order valence-corrected chi connectivity index (χ1v) is 22.2. The van der Waals surface area contributed by atoms with E-state index in [4.69, 9.17) is 4.74 Å². The van der Waals surface area contributed by atoms with E-state index in [0.717, 1.165) is 24.3 Å². The first-order valence-electron chi connectivity index (χ1n) is 22.2. The molecule has 0 spiro atoms. The highest BCUT2D eigenvalue weighted by molar-refractivity contribution is 5.83. The number of benzene rings is 5. The summed E-state index contributed by atoms with van der Waals surface area (Å²) in [6, 6.07) is 38.8. The lowest BCUT2D eigenvalue weighted by Gasteiger charge is -2.36. The summed E-state index contributed by atoms with van der Waals surface area (Å²) in [7, 11) is 0. The van der Waals surface area contributed by atoms with E-state index in [1.807, 2.05) is 0 Å². The maximum absolute atomic E-state index is 6.61. The summed E-state index contributed by atoms with van der Waals surface area (Å²) in [5, 5.41) is 0. The van der Waals surface area contributed by atoms with E-state index >= 15 is 0 Å². The summed E-state index contributed by atoms with van der Waals surface area (Å²) in [5.74, 6) is 2.80. The highest BCUT2D eigenvalue weighted by Gasteiger charge is 2.36. The average molecular weight is 779 g/mol. The van der Waals surface area contributed by atoms with Gasteiger partial charge in [0.25, 0.3) is 0 Å². The Morgan fingerprint density at radius 3 is 2.02 bits per heavy atom. The molecule has 1 aliphatic heterocycles. The van der Waals surface area contributed by atoms with Crippen molar-refractivity contribution in [2.45, 2.75) is 124 Å². The summed E-state index contributed by atoms with van der Waals surface area (Å²) in [6.07, 6.45) is 10.1. The summed E-state index contributed by atoms with van der Waals surface area (Å²) >= 11 is 0. The van der Waals surface area contributed by atoms with Crippen LogP contribution in [0.4, 0.5) is 0 Å². The molecule has 1 nitrogen and oxygen atoms in total. The number of aryl methyl sites for hydroxylation is 2. The van der Waals surface area contributed by atoms with Gasteiger partial charge >= 0.3 is 0 Å². The zero-order chi connectivity index (χ0) is 42.2. The topological polar surface area (TPSA) is 9.23 Å². The number of para-hydroxylation sites is 1. The van der Waals surface area contributed by atoms with Crippen LogP contribution >= 0.6 is 0 Å². The quantitative estimate of drug-likeness (QED) is 0.108. The smallest absolute Gasteiger partial charge is 0.131 e. The van der Waals surface area contributed by atoms with Crippen LogP contribution in [0.3, 0.4) is 0 Å². The Hall–Kier alpha value is -5.14. The first kappa shape index (κ1) is 42.0. The predicted molar refractivity (Wildman–Crippen MR) is 254 cm³/mol. The molecule has 3 atom stereocenters. The molecule has 59 heavy (non-hydrogen) atoms. The number of hydrogen-bond donors (Lipinski definition) is 0. The van der Waals surface area contributed by atoms with Crippen molar-refractivity contribution in [3.05, 3.63) is 195 Å². The zero-order valence-corrected chi connectivity index (χ0v) is 37.6. The molecular weight excluding hydrogens is 713 g/mol. The largest absolute Gasteiger partial charge is 0.457 e. The van der Waals surface area contributed by atoms with Gasteiger partial charge < -0.3 is 4.74 Å². The van der Waals surface area contributed by atoms with Gasteiger partial charge in [0.15, 0.2) is 0 Å². The second kappa shape index (κ2) is 16.8. The predicted octanol–water partition coefficient (Wildman–Crippen LogP) is 16.7. The molecule has 0 amide bonds. The molecule has 0 saturated heterocycles. The minimum atomic E-state index is -0.289. The molecule has 0 bridgehead atoms. The highest BCUT2D eigenvalue weighted by atomic mass is 16.5. The molecular formula is C58H66O. The monoisotopic (exact) mass is 779 g/mol. The number of hydrogen-bond acceptors (Lipinski definition) is 1. The number of ether oxygens (including phenoxy) is 1. The third kappa shape index (κ3) is 7.75. The average Bonchev–Trinajstić information content (AvgIpc) is 3.20. The molecule has 1 aliphatic carbocycles. The van der Waals surface area contributed by atoms with Gasteiger partial charge in [-0.2, -0.15) is 0 Å². The summed E-state index contributed by atoms with van der Waals surface area (Å²) in [5.41, 5.74) is 19.4. The van der Waals surface area contributed by atoms with Crippen LogP contribution < -0.4 is 4.74 Å². The van der Waals surface area contributed by atoms with Gasteiger partial charge in [0.2, 0.25) is 0 Å². The van der Waals surface area contributed by atoms with E-state index in [1.165, 1.54) is 97.2 Å². The van der Waals surface area contributed by atoms with Crippen molar-refractivity contribution in [3.8, 4) is 22.6 Å². The van der Waals surface area contributed by atoms with Crippen molar-refractivity contribution in [3.63, 3.8) is 0 Å². The zero-order valence-electron chi connectivity index (χ0n) is 37.6. The molecule has 0 radical (unpaired) electrons. The fraction of sp³-hybridized carbons (Fsp3) is 0.345. The van der Waals surface area contributed by atoms with Gasteiger partial charge in [-0.1, -0.05) is 178 Å². The second-order valence-electron chi connectivity index (χ2n) is 18.6. The maximum Gasteiger partial charge on any atom is 0.131 e. The third-order valence-electron chi connectivity index (χ3n) is 14.1. The van der Waals surface area contributed by atoms with Crippen LogP contribution in [0, 0.1) is 19.8 Å². The van der Waals surface area contributed by atoms with Gasteiger partial charge in [-0.15, -0.1) is 0 Å². The van der Waals surface area contributed by atoms with Crippen molar-refractivity contribution < 1.29 is 4.74 Å². The maximum atomic E-state index is 6.61. The lowest BCUT2D eigenvalue weighted by molar-refractivity contribution is 0.418. The van der Waals surface area contributed by atoms with E-state index in [9.17, 15) is 0 Å².